The minimum absolute atomic E-state index is 0.0319. The van der Waals surface area contributed by atoms with Gasteiger partial charge in [-0.25, -0.2) is 21.6 Å². The third-order valence-electron chi connectivity index (χ3n) is 4.78. The van der Waals surface area contributed by atoms with Crippen molar-refractivity contribution < 1.29 is 26.0 Å². The summed E-state index contributed by atoms with van der Waals surface area (Å²) in [5.41, 5.74) is 0.541. The van der Waals surface area contributed by atoms with Gasteiger partial charge in [0, 0.05) is 24.7 Å². The van der Waals surface area contributed by atoms with Gasteiger partial charge in [0.05, 0.1) is 5.92 Å². The van der Waals surface area contributed by atoms with Crippen LogP contribution in [0.3, 0.4) is 0 Å². The smallest absolute Gasteiger partial charge is 0.247 e. The lowest BCUT2D eigenvalue weighted by Crippen LogP contribution is -2.39. The number of aromatic nitrogens is 2. The van der Waals surface area contributed by atoms with Gasteiger partial charge in [0.25, 0.3) is 0 Å². The van der Waals surface area contributed by atoms with E-state index in [9.17, 15) is 21.6 Å². The molecule has 0 aliphatic carbocycles. The average Bonchev–Trinajstić information content (AvgIpc) is 3.18. The Kier molecular flexibility index (Phi) is 5.13. The predicted molar refractivity (Wildman–Crippen MR) is 96.8 cm³/mol. The SMILES string of the molecule is O=S(=O)(c1ccc(F)cc1F)N1CCCC(c2nnc(-c3ccc(F)cc3)o2)C1. The first-order valence-electron chi connectivity index (χ1n) is 8.89. The Bertz CT molecular complexity index is 1130. The summed E-state index contributed by atoms with van der Waals surface area (Å²) < 4.78 is 72.7. The molecule has 4 rings (SSSR count). The normalized spacial score (nSPS) is 18.1. The number of benzene rings is 2. The first-order chi connectivity index (χ1) is 13.8. The molecule has 0 N–H and O–H groups in total. The Balaban J connectivity index is 1.56. The molecule has 2 aromatic carbocycles. The van der Waals surface area contributed by atoms with Gasteiger partial charge in [-0.2, -0.15) is 4.31 Å². The van der Waals surface area contributed by atoms with E-state index < -0.39 is 32.4 Å². The first-order valence-corrected chi connectivity index (χ1v) is 10.3. The Morgan fingerprint density at radius 1 is 1.00 bits per heavy atom. The highest BCUT2D eigenvalue weighted by atomic mass is 32.2. The van der Waals surface area contributed by atoms with Crippen molar-refractivity contribution in [3.8, 4) is 11.5 Å². The maximum absolute atomic E-state index is 14.0. The van der Waals surface area contributed by atoms with Gasteiger partial charge >= 0.3 is 0 Å². The summed E-state index contributed by atoms with van der Waals surface area (Å²) in [6.45, 7) is 0.235. The number of sulfonamides is 1. The summed E-state index contributed by atoms with van der Waals surface area (Å²) in [6, 6.07) is 7.91. The van der Waals surface area contributed by atoms with Gasteiger partial charge in [-0.05, 0) is 49.2 Å². The van der Waals surface area contributed by atoms with Crippen LogP contribution in [-0.2, 0) is 10.0 Å². The van der Waals surface area contributed by atoms with Crippen LogP contribution in [0, 0.1) is 17.5 Å². The molecule has 3 aromatic rings. The van der Waals surface area contributed by atoms with Crippen LogP contribution in [-0.4, -0.2) is 36.0 Å². The zero-order valence-electron chi connectivity index (χ0n) is 15.1. The monoisotopic (exact) mass is 423 g/mol. The molecule has 2 heterocycles. The quantitative estimate of drug-likeness (QED) is 0.639. The van der Waals surface area contributed by atoms with Crippen molar-refractivity contribution in [1.29, 1.82) is 0 Å². The summed E-state index contributed by atoms with van der Waals surface area (Å²) >= 11 is 0. The van der Waals surface area contributed by atoms with Crippen LogP contribution in [0.2, 0.25) is 0 Å². The van der Waals surface area contributed by atoms with Crippen LogP contribution in [0.25, 0.3) is 11.5 Å². The molecule has 152 valence electrons. The molecule has 1 fully saturated rings. The minimum atomic E-state index is -4.14. The molecule has 1 saturated heterocycles. The van der Waals surface area contributed by atoms with Crippen molar-refractivity contribution in [2.24, 2.45) is 0 Å². The second-order valence-corrected chi connectivity index (χ2v) is 8.64. The summed E-state index contributed by atoms with van der Waals surface area (Å²) in [4.78, 5) is -0.572. The van der Waals surface area contributed by atoms with Gasteiger partial charge in [0.15, 0.2) is 0 Å². The Morgan fingerprint density at radius 2 is 1.72 bits per heavy atom. The Hall–Kier alpha value is -2.72. The molecule has 0 bridgehead atoms. The molecule has 1 atom stereocenters. The summed E-state index contributed by atoms with van der Waals surface area (Å²) in [5.74, 6) is -2.30. The van der Waals surface area contributed by atoms with Crippen molar-refractivity contribution in [2.75, 3.05) is 13.1 Å². The molecular weight excluding hydrogens is 407 g/mol. The van der Waals surface area contributed by atoms with E-state index in [1.807, 2.05) is 0 Å². The Morgan fingerprint density at radius 3 is 2.45 bits per heavy atom. The maximum Gasteiger partial charge on any atom is 0.247 e. The standard InChI is InChI=1S/C19H16F3N3O3S/c20-14-5-3-12(4-6-14)18-23-24-19(28-18)13-2-1-9-25(11-13)29(26,27)17-8-7-15(21)10-16(17)22/h3-8,10,13H,1-2,9,11H2. The number of hydrogen-bond donors (Lipinski definition) is 0. The third kappa shape index (κ3) is 3.90. The molecule has 1 unspecified atom stereocenters. The van der Waals surface area contributed by atoms with Gasteiger partial charge in [0.2, 0.25) is 21.8 Å². The van der Waals surface area contributed by atoms with Gasteiger partial charge < -0.3 is 4.42 Å². The maximum atomic E-state index is 14.0. The number of piperidine rings is 1. The minimum Gasteiger partial charge on any atom is -0.420 e. The zero-order valence-corrected chi connectivity index (χ0v) is 15.9. The second-order valence-electron chi connectivity index (χ2n) is 6.73. The van der Waals surface area contributed by atoms with E-state index >= 15 is 0 Å². The second kappa shape index (κ2) is 7.60. The van der Waals surface area contributed by atoms with E-state index in [1.54, 1.807) is 0 Å². The highest BCUT2D eigenvalue weighted by Crippen LogP contribution is 2.32. The van der Waals surface area contributed by atoms with E-state index in [0.29, 0.717) is 24.5 Å². The van der Waals surface area contributed by atoms with Gasteiger partial charge in [-0.1, -0.05) is 0 Å². The van der Waals surface area contributed by atoms with Crippen LogP contribution in [0.1, 0.15) is 24.7 Å². The lowest BCUT2D eigenvalue weighted by molar-refractivity contribution is 0.285. The average molecular weight is 423 g/mol. The van der Waals surface area contributed by atoms with Gasteiger partial charge in [-0.3, -0.25) is 0 Å². The van der Waals surface area contributed by atoms with E-state index in [2.05, 4.69) is 10.2 Å². The molecule has 1 aliphatic rings. The Labute approximate surface area is 165 Å². The van der Waals surface area contributed by atoms with E-state index in [-0.39, 0.29) is 30.8 Å². The molecule has 10 heteroatoms. The molecule has 0 spiro atoms. The van der Waals surface area contributed by atoms with Crippen molar-refractivity contribution in [1.82, 2.24) is 14.5 Å². The highest BCUT2D eigenvalue weighted by molar-refractivity contribution is 7.89. The number of halogens is 3. The van der Waals surface area contributed by atoms with Crippen LogP contribution in [0.4, 0.5) is 13.2 Å². The largest absolute Gasteiger partial charge is 0.420 e. The molecule has 1 aliphatic heterocycles. The van der Waals surface area contributed by atoms with Crippen LogP contribution in [0.15, 0.2) is 51.8 Å². The van der Waals surface area contributed by atoms with E-state index in [0.717, 1.165) is 16.4 Å². The molecule has 0 saturated carbocycles. The number of rotatable bonds is 4. The predicted octanol–water partition coefficient (Wildman–Crippen LogP) is 3.72. The van der Waals surface area contributed by atoms with Crippen LogP contribution >= 0.6 is 0 Å². The van der Waals surface area contributed by atoms with Crippen molar-refractivity contribution in [2.45, 2.75) is 23.7 Å². The molecule has 29 heavy (non-hydrogen) atoms. The van der Waals surface area contributed by atoms with E-state index in [4.69, 9.17) is 4.42 Å². The highest BCUT2D eigenvalue weighted by Gasteiger charge is 2.34. The van der Waals surface area contributed by atoms with Crippen molar-refractivity contribution >= 4 is 10.0 Å². The van der Waals surface area contributed by atoms with Crippen LogP contribution < -0.4 is 0 Å². The van der Waals surface area contributed by atoms with Gasteiger partial charge in [0.1, 0.15) is 22.3 Å². The van der Waals surface area contributed by atoms with Crippen LogP contribution in [0.5, 0.6) is 0 Å². The topological polar surface area (TPSA) is 76.3 Å². The van der Waals surface area contributed by atoms with Gasteiger partial charge in [-0.15, -0.1) is 10.2 Å². The summed E-state index contributed by atoms with van der Waals surface area (Å²) in [7, 11) is -4.14. The summed E-state index contributed by atoms with van der Waals surface area (Å²) in [6.07, 6.45) is 1.13. The molecule has 0 amide bonds. The van der Waals surface area contributed by atoms with Crippen molar-refractivity contribution in [3.63, 3.8) is 0 Å². The molecule has 0 radical (unpaired) electrons. The fraction of sp³-hybridized carbons (Fsp3) is 0.263. The summed E-state index contributed by atoms with van der Waals surface area (Å²) in [5, 5.41) is 7.95. The molecular formula is C19H16F3N3O3S. The number of hydrogen-bond acceptors (Lipinski definition) is 5. The lowest BCUT2D eigenvalue weighted by atomic mass is 10.00. The third-order valence-corrected chi connectivity index (χ3v) is 6.68. The fourth-order valence-corrected chi connectivity index (χ4v) is 4.86. The van der Waals surface area contributed by atoms with E-state index in [1.165, 1.54) is 24.3 Å². The molecule has 1 aromatic heterocycles. The zero-order chi connectivity index (χ0) is 20.6. The van der Waals surface area contributed by atoms with Crippen molar-refractivity contribution in [3.05, 3.63) is 65.8 Å². The number of nitrogens with zero attached hydrogens (tertiary/aromatic N) is 3. The lowest BCUT2D eigenvalue weighted by Gasteiger charge is -2.30. The fourth-order valence-electron chi connectivity index (χ4n) is 3.29. The molecule has 6 nitrogen and oxygen atoms in total. The first kappa shape index (κ1) is 19.6.